The second kappa shape index (κ2) is 8.65. The van der Waals surface area contributed by atoms with Crippen molar-refractivity contribution in [3.63, 3.8) is 0 Å². The highest BCUT2D eigenvalue weighted by molar-refractivity contribution is 5.61. The first kappa shape index (κ1) is 19.4. The Bertz CT molecular complexity index is 994. The molecule has 0 unspecified atom stereocenters. The van der Waals surface area contributed by atoms with E-state index >= 15 is 0 Å². The molecular formula is C22H27FN6O. The predicted molar refractivity (Wildman–Crippen MR) is 113 cm³/mol. The Morgan fingerprint density at radius 1 is 0.933 bits per heavy atom. The van der Waals surface area contributed by atoms with Gasteiger partial charge in [0.1, 0.15) is 11.3 Å². The fourth-order valence-corrected chi connectivity index (χ4v) is 4.51. The molecule has 4 heterocycles. The van der Waals surface area contributed by atoms with Crippen LogP contribution in [0.15, 0.2) is 36.8 Å². The number of hydrogen-bond donors (Lipinski definition) is 2. The number of fused-ring (bicyclic) bond motifs is 1. The van der Waals surface area contributed by atoms with Crippen LogP contribution in [-0.2, 0) is 4.74 Å². The largest absolute Gasteiger partial charge is 0.381 e. The van der Waals surface area contributed by atoms with Crippen molar-refractivity contribution in [1.29, 1.82) is 0 Å². The van der Waals surface area contributed by atoms with Gasteiger partial charge in [0.2, 0.25) is 5.95 Å². The molecule has 1 aliphatic heterocycles. The summed E-state index contributed by atoms with van der Waals surface area (Å²) in [5.74, 6) is 0.0219. The monoisotopic (exact) mass is 410 g/mol. The van der Waals surface area contributed by atoms with Gasteiger partial charge >= 0.3 is 0 Å². The summed E-state index contributed by atoms with van der Waals surface area (Å²) in [4.78, 5) is 13.0. The molecule has 2 N–H and O–H groups in total. The van der Waals surface area contributed by atoms with E-state index in [4.69, 9.17) is 4.74 Å². The first-order valence-electron chi connectivity index (χ1n) is 10.8. The number of halogens is 1. The SMILES string of the molecule is Fc1cnc(N[C@H]2CC[C@H](NC3CCOCC3)CC2)nc1-c1cnc2ccccn12. The number of imidazole rings is 1. The number of nitrogens with one attached hydrogen (secondary N) is 2. The molecule has 8 heteroatoms. The summed E-state index contributed by atoms with van der Waals surface area (Å²) in [6.45, 7) is 1.73. The summed E-state index contributed by atoms with van der Waals surface area (Å²) in [5, 5.41) is 7.21. The summed E-state index contributed by atoms with van der Waals surface area (Å²) >= 11 is 0. The molecular weight excluding hydrogens is 383 g/mol. The van der Waals surface area contributed by atoms with Gasteiger partial charge < -0.3 is 15.4 Å². The van der Waals surface area contributed by atoms with Gasteiger partial charge in [-0.15, -0.1) is 0 Å². The van der Waals surface area contributed by atoms with Crippen molar-refractivity contribution < 1.29 is 9.13 Å². The van der Waals surface area contributed by atoms with Crippen molar-refractivity contribution in [3.8, 4) is 11.4 Å². The van der Waals surface area contributed by atoms with E-state index in [0.717, 1.165) is 57.4 Å². The normalized spacial score (nSPS) is 23.0. The van der Waals surface area contributed by atoms with Gasteiger partial charge in [-0.3, -0.25) is 4.40 Å². The van der Waals surface area contributed by atoms with Gasteiger partial charge in [0, 0.05) is 37.5 Å². The van der Waals surface area contributed by atoms with Crippen molar-refractivity contribution >= 4 is 11.6 Å². The van der Waals surface area contributed by atoms with E-state index in [9.17, 15) is 4.39 Å². The van der Waals surface area contributed by atoms with Crippen LogP contribution in [-0.4, -0.2) is 50.7 Å². The second-order valence-electron chi connectivity index (χ2n) is 8.21. The molecule has 3 aromatic rings. The van der Waals surface area contributed by atoms with Gasteiger partial charge in [0.25, 0.3) is 0 Å². The number of rotatable bonds is 5. The first-order valence-corrected chi connectivity index (χ1v) is 10.8. The minimum Gasteiger partial charge on any atom is -0.381 e. The Morgan fingerprint density at radius 3 is 2.53 bits per heavy atom. The van der Waals surface area contributed by atoms with Crippen molar-refractivity contribution in [1.82, 2.24) is 24.7 Å². The molecule has 3 aromatic heterocycles. The summed E-state index contributed by atoms with van der Waals surface area (Å²) < 4.78 is 21.8. The number of pyridine rings is 1. The lowest BCUT2D eigenvalue weighted by Gasteiger charge is -2.33. The molecule has 2 fully saturated rings. The second-order valence-corrected chi connectivity index (χ2v) is 8.21. The van der Waals surface area contributed by atoms with E-state index < -0.39 is 5.82 Å². The summed E-state index contributed by atoms with van der Waals surface area (Å²) in [7, 11) is 0. The van der Waals surface area contributed by atoms with E-state index in [1.165, 1.54) is 6.20 Å². The van der Waals surface area contributed by atoms with Crippen LogP contribution in [0, 0.1) is 5.82 Å². The third-order valence-electron chi connectivity index (χ3n) is 6.16. The highest BCUT2D eigenvalue weighted by Gasteiger charge is 2.25. The Labute approximate surface area is 175 Å². The van der Waals surface area contributed by atoms with Crippen molar-refractivity contribution in [2.75, 3.05) is 18.5 Å². The zero-order valence-electron chi connectivity index (χ0n) is 16.9. The minimum atomic E-state index is -0.449. The Hall–Kier alpha value is -2.58. The van der Waals surface area contributed by atoms with Crippen molar-refractivity contribution in [3.05, 3.63) is 42.6 Å². The van der Waals surface area contributed by atoms with E-state index in [0.29, 0.717) is 29.8 Å². The predicted octanol–water partition coefficient (Wildman–Crippen LogP) is 3.42. The van der Waals surface area contributed by atoms with Crippen molar-refractivity contribution in [2.24, 2.45) is 0 Å². The van der Waals surface area contributed by atoms with Crippen LogP contribution in [0.5, 0.6) is 0 Å². The molecule has 5 rings (SSSR count). The number of aromatic nitrogens is 4. The Balaban J connectivity index is 1.23. The standard InChI is InChI=1S/C22H27FN6O/c23-18-13-25-22(28-21(18)19-14-24-20-3-1-2-10-29(19)20)27-16-6-4-15(5-7-16)26-17-8-11-30-12-9-17/h1-3,10,13-17,26H,4-9,11-12H2,(H,25,27,28)/t15-,16-. The van der Waals surface area contributed by atoms with E-state index in [1.54, 1.807) is 6.20 Å². The Kier molecular flexibility index (Phi) is 5.59. The minimum absolute atomic E-state index is 0.265. The summed E-state index contributed by atoms with van der Waals surface area (Å²) in [5.41, 5.74) is 1.65. The van der Waals surface area contributed by atoms with Crippen LogP contribution in [0.3, 0.4) is 0 Å². The maximum atomic E-state index is 14.5. The van der Waals surface area contributed by atoms with Crippen LogP contribution in [0.4, 0.5) is 10.3 Å². The van der Waals surface area contributed by atoms with E-state index in [2.05, 4.69) is 25.6 Å². The maximum absolute atomic E-state index is 14.5. The van der Waals surface area contributed by atoms with Crippen LogP contribution >= 0.6 is 0 Å². The molecule has 2 aliphatic rings. The number of anilines is 1. The van der Waals surface area contributed by atoms with Crippen LogP contribution in [0.1, 0.15) is 38.5 Å². The number of ether oxygens (including phenoxy) is 1. The van der Waals surface area contributed by atoms with Gasteiger partial charge in [-0.2, -0.15) is 0 Å². The first-order chi connectivity index (χ1) is 14.8. The van der Waals surface area contributed by atoms with E-state index in [-0.39, 0.29) is 5.69 Å². The average Bonchev–Trinajstić information content (AvgIpc) is 3.21. The van der Waals surface area contributed by atoms with Crippen LogP contribution < -0.4 is 10.6 Å². The van der Waals surface area contributed by atoms with Gasteiger partial charge in [0.05, 0.1) is 18.1 Å². The maximum Gasteiger partial charge on any atom is 0.223 e. The van der Waals surface area contributed by atoms with Gasteiger partial charge in [-0.25, -0.2) is 19.3 Å². The smallest absolute Gasteiger partial charge is 0.223 e. The lowest BCUT2D eigenvalue weighted by molar-refractivity contribution is 0.0730. The van der Waals surface area contributed by atoms with Gasteiger partial charge in [-0.05, 0) is 50.7 Å². The molecule has 158 valence electrons. The molecule has 7 nitrogen and oxygen atoms in total. The van der Waals surface area contributed by atoms with Crippen LogP contribution in [0.2, 0.25) is 0 Å². The fraction of sp³-hybridized carbons (Fsp3) is 0.500. The zero-order valence-corrected chi connectivity index (χ0v) is 16.9. The average molecular weight is 410 g/mol. The molecule has 1 aliphatic carbocycles. The molecule has 30 heavy (non-hydrogen) atoms. The van der Waals surface area contributed by atoms with Gasteiger partial charge in [-0.1, -0.05) is 6.07 Å². The quantitative estimate of drug-likeness (QED) is 0.671. The third kappa shape index (κ3) is 4.15. The summed E-state index contributed by atoms with van der Waals surface area (Å²) in [6.07, 6.45) is 11.3. The molecule has 0 bridgehead atoms. The fourth-order valence-electron chi connectivity index (χ4n) is 4.51. The molecule has 0 radical (unpaired) electrons. The highest BCUT2D eigenvalue weighted by atomic mass is 19.1. The lowest BCUT2D eigenvalue weighted by atomic mass is 9.90. The zero-order chi connectivity index (χ0) is 20.3. The molecule has 0 spiro atoms. The van der Waals surface area contributed by atoms with Gasteiger partial charge in [0.15, 0.2) is 5.82 Å². The number of nitrogens with zero attached hydrogens (tertiary/aromatic N) is 4. The molecule has 1 saturated heterocycles. The topological polar surface area (TPSA) is 76.4 Å². The number of hydrogen-bond acceptors (Lipinski definition) is 6. The van der Waals surface area contributed by atoms with E-state index in [1.807, 2.05) is 28.8 Å². The molecule has 0 amide bonds. The third-order valence-corrected chi connectivity index (χ3v) is 6.16. The lowest BCUT2D eigenvalue weighted by Crippen LogP contribution is -2.44. The van der Waals surface area contributed by atoms with Crippen molar-refractivity contribution in [2.45, 2.75) is 56.7 Å². The molecule has 1 saturated carbocycles. The molecule has 0 atom stereocenters. The summed E-state index contributed by atoms with van der Waals surface area (Å²) in [6, 6.07) is 7.13. The Morgan fingerprint density at radius 2 is 1.70 bits per heavy atom. The molecule has 0 aromatic carbocycles. The van der Waals surface area contributed by atoms with Crippen LogP contribution in [0.25, 0.3) is 17.0 Å². The highest BCUT2D eigenvalue weighted by Crippen LogP contribution is 2.25.